The molecule has 0 aromatic heterocycles. The van der Waals surface area contributed by atoms with Crippen molar-refractivity contribution in [2.24, 2.45) is 0 Å². The van der Waals surface area contributed by atoms with E-state index in [1.54, 1.807) is 12.1 Å². The monoisotopic (exact) mass is 302 g/mol. The molecule has 0 aliphatic carbocycles. The van der Waals surface area contributed by atoms with Crippen LogP contribution in [0.3, 0.4) is 0 Å². The van der Waals surface area contributed by atoms with E-state index in [-0.39, 0.29) is 11.7 Å². The minimum Gasteiger partial charge on any atom is -0.354 e. The zero-order valence-corrected chi connectivity index (χ0v) is 13.0. The number of amides is 3. The maximum atomic E-state index is 12.2. The minimum atomic E-state index is -0.525. The molecule has 0 spiro atoms. The Morgan fingerprint density at radius 2 is 2.00 bits per heavy atom. The van der Waals surface area contributed by atoms with Crippen LogP contribution in [0.15, 0.2) is 24.3 Å². The Kier molecular flexibility index (Phi) is 5.14. The van der Waals surface area contributed by atoms with E-state index < -0.39 is 12.1 Å². The van der Waals surface area contributed by atoms with E-state index in [4.69, 9.17) is 5.41 Å². The molecule has 0 bridgehead atoms. The molecule has 118 valence electrons. The van der Waals surface area contributed by atoms with Crippen LogP contribution >= 0.6 is 0 Å². The quantitative estimate of drug-likeness (QED) is 0.573. The van der Waals surface area contributed by atoms with Crippen molar-refractivity contribution in [3.63, 3.8) is 0 Å². The lowest BCUT2D eigenvalue weighted by Gasteiger charge is -2.22. The molecule has 1 aliphatic heterocycles. The average molecular weight is 302 g/mol. The summed E-state index contributed by atoms with van der Waals surface area (Å²) in [5.74, 6) is -0.0485. The summed E-state index contributed by atoms with van der Waals surface area (Å²) < 4.78 is 0. The molecule has 3 N–H and O–H groups in total. The number of carbonyl (C=O) groups is 2. The highest BCUT2D eigenvalue weighted by atomic mass is 16.2. The highest BCUT2D eigenvalue weighted by Crippen LogP contribution is 2.08. The van der Waals surface area contributed by atoms with Crippen LogP contribution in [0.4, 0.5) is 4.79 Å². The van der Waals surface area contributed by atoms with Crippen LogP contribution in [0, 0.1) is 12.3 Å². The molecule has 1 unspecified atom stereocenters. The van der Waals surface area contributed by atoms with Gasteiger partial charge in [0.2, 0.25) is 5.91 Å². The lowest BCUT2D eigenvalue weighted by molar-refractivity contribution is -0.122. The number of benzene rings is 1. The van der Waals surface area contributed by atoms with Crippen LogP contribution in [0.1, 0.15) is 30.4 Å². The predicted molar refractivity (Wildman–Crippen MR) is 85.0 cm³/mol. The van der Waals surface area contributed by atoms with Crippen LogP contribution in [0.25, 0.3) is 0 Å². The number of aryl methyl sites for hydroxylation is 1. The second-order valence-corrected chi connectivity index (χ2v) is 5.56. The Morgan fingerprint density at radius 3 is 2.68 bits per heavy atom. The molecule has 0 radical (unpaired) electrons. The molecule has 1 aromatic carbocycles. The normalized spacial score (nSPS) is 18.1. The number of nitrogens with one attached hydrogen (secondary N) is 3. The van der Waals surface area contributed by atoms with Gasteiger partial charge in [-0.1, -0.05) is 29.8 Å². The molecule has 1 aliphatic rings. The summed E-state index contributed by atoms with van der Waals surface area (Å²) >= 11 is 0. The first kappa shape index (κ1) is 16.0. The lowest BCUT2D eigenvalue weighted by atomic mass is 10.1. The maximum Gasteiger partial charge on any atom is 0.323 e. The molecule has 1 saturated heterocycles. The lowest BCUT2D eigenvalue weighted by Crippen LogP contribution is -2.50. The van der Waals surface area contributed by atoms with E-state index in [2.05, 4.69) is 10.6 Å². The van der Waals surface area contributed by atoms with Crippen molar-refractivity contribution in [3.05, 3.63) is 35.4 Å². The van der Waals surface area contributed by atoms with Gasteiger partial charge in [0.05, 0.1) is 0 Å². The van der Waals surface area contributed by atoms with Crippen LogP contribution in [0.5, 0.6) is 0 Å². The van der Waals surface area contributed by atoms with Crippen molar-refractivity contribution in [1.29, 1.82) is 5.41 Å². The topological polar surface area (TPSA) is 85.3 Å². The van der Waals surface area contributed by atoms with Gasteiger partial charge in [-0.25, -0.2) is 4.79 Å². The smallest absolute Gasteiger partial charge is 0.323 e. The van der Waals surface area contributed by atoms with Crippen molar-refractivity contribution < 1.29 is 9.59 Å². The van der Waals surface area contributed by atoms with Gasteiger partial charge in [-0.2, -0.15) is 0 Å². The van der Waals surface area contributed by atoms with E-state index >= 15 is 0 Å². The zero-order chi connectivity index (χ0) is 16.1. The van der Waals surface area contributed by atoms with Gasteiger partial charge >= 0.3 is 6.03 Å². The SMILES string of the molecule is Cc1ccc(C(=N)N(C)C(=O)NC2CCCCNC2=O)cc1. The third kappa shape index (κ3) is 3.84. The first-order chi connectivity index (χ1) is 10.5. The number of carbonyl (C=O) groups excluding carboxylic acids is 2. The van der Waals surface area contributed by atoms with Crippen molar-refractivity contribution in [2.75, 3.05) is 13.6 Å². The molecular weight excluding hydrogens is 280 g/mol. The molecule has 6 heteroatoms. The van der Waals surface area contributed by atoms with E-state index in [1.807, 2.05) is 19.1 Å². The summed E-state index contributed by atoms with van der Waals surface area (Å²) in [6.45, 7) is 2.62. The van der Waals surface area contributed by atoms with Gasteiger partial charge in [0.15, 0.2) is 0 Å². The van der Waals surface area contributed by atoms with E-state index in [1.165, 1.54) is 11.9 Å². The zero-order valence-electron chi connectivity index (χ0n) is 13.0. The van der Waals surface area contributed by atoms with Gasteiger partial charge in [0.1, 0.15) is 11.9 Å². The molecule has 1 heterocycles. The molecule has 22 heavy (non-hydrogen) atoms. The third-order valence-electron chi connectivity index (χ3n) is 3.80. The van der Waals surface area contributed by atoms with Gasteiger partial charge in [0, 0.05) is 19.2 Å². The number of nitrogens with zero attached hydrogens (tertiary/aromatic N) is 1. The summed E-state index contributed by atoms with van der Waals surface area (Å²) in [6.07, 6.45) is 2.44. The summed E-state index contributed by atoms with van der Waals surface area (Å²) in [5, 5.41) is 13.6. The summed E-state index contributed by atoms with van der Waals surface area (Å²) in [5.41, 5.74) is 1.76. The maximum absolute atomic E-state index is 12.2. The summed E-state index contributed by atoms with van der Waals surface area (Å²) in [6, 6.07) is 6.44. The summed E-state index contributed by atoms with van der Waals surface area (Å²) in [7, 11) is 1.53. The largest absolute Gasteiger partial charge is 0.354 e. The Hall–Kier alpha value is -2.37. The standard InChI is InChI=1S/C16H22N4O2/c1-11-6-8-12(9-7-11)14(17)20(2)16(22)19-13-5-3-4-10-18-15(13)21/h6-9,13,17H,3-5,10H2,1-2H3,(H,18,21)(H,19,22). The third-order valence-corrected chi connectivity index (χ3v) is 3.80. The molecule has 1 aromatic rings. The number of urea groups is 1. The van der Waals surface area contributed by atoms with Crippen molar-refractivity contribution in [3.8, 4) is 0 Å². The average Bonchev–Trinajstić information content (AvgIpc) is 2.71. The number of rotatable bonds is 2. The number of hydrogen-bond acceptors (Lipinski definition) is 3. The van der Waals surface area contributed by atoms with Crippen molar-refractivity contribution >= 4 is 17.8 Å². The molecule has 2 rings (SSSR count). The van der Waals surface area contributed by atoms with Crippen molar-refractivity contribution in [2.45, 2.75) is 32.2 Å². The van der Waals surface area contributed by atoms with Gasteiger partial charge in [-0.05, 0) is 26.2 Å². The van der Waals surface area contributed by atoms with Crippen LogP contribution in [-0.2, 0) is 4.79 Å². The molecule has 0 saturated carbocycles. The molecule has 3 amide bonds. The Balaban J connectivity index is 2.00. The Morgan fingerprint density at radius 1 is 1.32 bits per heavy atom. The van der Waals surface area contributed by atoms with Gasteiger partial charge in [0.25, 0.3) is 0 Å². The number of hydrogen-bond donors (Lipinski definition) is 3. The van der Waals surface area contributed by atoms with Crippen LogP contribution < -0.4 is 10.6 Å². The second-order valence-electron chi connectivity index (χ2n) is 5.56. The predicted octanol–water partition coefficient (Wildman–Crippen LogP) is 1.63. The number of amidine groups is 1. The fourth-order valence-electron chi connectivity index (χ4n) is 2.33. The highest BCUT2D eigenvalue weighted by Gasteiger charge is 2.25. The fraction of sp³-hybridized carbons (Fsp3) is 0.438. The van der Waals surface area contributed by atoms with Gasteiger partial charge in [-0.15, -0.1) is 0 Å². The summed E-state index contributed by atoms with van der Waals surface area (Å²) in [4.78, 5) is 25.3. The molecule has 1 fully saturated rings. The first-order valence-electron chi connectivity index (χ1n) is 7.46. The van der Waals surface area contributed by atoms with E-state index in [9.17, 15) is 9.59 Å². The highest BCUT2D eigenvalue weighted by molar-refractivity contribution is 6.06. The van der Waals surface area contributed by atoms with E-state index in [0.717, 1.165) is 18.4 Å². The molecule has 1 atom stereocenters. The van der Waals surface area contributed by atoms with Gasteiger partial charge in [-0.3, -0.25) is 15.1 Å². The second kappa shape index (κ2) is 7.06. The van der Waals surface area contributed by atoms with Crippen LogP contribution in [-0.4, -0.2) is 42.3 Å². The van der Waals surface area contributed by atoms with Crippen molar-refractivity contribution in [1.82, 2.24) is 15.5 Å². The Labute approximate surface area is 130 Å². The van der Waals surface area contributed by atoms with Crippen LogP contribution in [0.2, 0.25) is 0 Å². The Bertz CT molecular complexity index is 568. The molecule has 6 nitrogen and oxygen atoms in total. The van der Waals surface area contributed by atoms with E-state index in [0.29, 0.717) is 18.5 Å². The fourth-order valence-corrected chi connectivity index (χ4v) is 2.33. The molecular formula is C16H22N4O2. The first-order valence-corrected chi connectivity index (χ1v) is 7.46. The minimum absolute atomic E-state index is 0.103. The van der Waals surface area contributed by atoms with Gasteiger partial charge < -0.3 is 10.6 Å².